The highest BCUT2D eigenvalue weighted by Crippen LogP contribution is 2.21. The summed E-state index contributed by atoms with van der Waals surface area (Å²) in [6.45, 7) is 8.00. The van der Waals surface area contributed by atoms with E-state index in [2.05, 4.69) is 32.7 Å². The molecule has 0 aromatic rings. The standard InChI is InChI=1S/C9H17N/c1-7-5-6-10(4)9(3)8(7)2/h9H,5-6H2,1-4H3/t9-/m1/s1. The van der Waals surface area contributed by atoms with Crippen LogP contribution in [-0.4, -0.2) is 24.5 Å². The van der Waals surface area contributed by atoms with Crippen molar-refractivity contribution in [3.8, 4) is 0 Å². The molecule has 0 aromatic heterocycles. The smallest absolute Gasteiger partial charge is 0.0276 e. The summed E-state index contributed by atoms with van der Waals surface area (Å²) in [7, 11) is 2.20. The van der Waals surface area contributed by atoms with E-state index in [9.17, 15) is 0 Å². The van der Waals surface area contributed by atoms with Crippen LogP contribution in [0.25, 0.3) is 0 Å². The van der Waals surface area contributed by atoms with Crippen molar-refractivity contribution in [2.24, 2.45) is 0 Å². The predicted octanol–water partition coefficient (Wildman–Crippen LogP) is 2.05. The zero-order chi connectivity index (χ0) is 7.72. The molecule has 0 aliphatic carbocycles. The van der Waals surface area contributed by atoms with Crippen LogP contribution in [0.4, 0.5) is 0 Å². The average molecular weight is 139 g/mol. The van der Waals surface area contributed by atoms with Crippen molar-refractivity contribution in [2.45, 2.75) is 33.2 Å². The van der Waals surface area contributed by atoms with Crippen LogP contribution in [0.1, 0.15) is 27.2 Å². The minimum absolute atomic E-state index is 0.661. The molecule has 1 nitrogen and oxygen atoms in total. The summed E-state index contributed by atoms with van der Waals surface area (Å²) in [4.78, 5) is 2.41. The van der Waals surface area contributed by atoms with Crippen LogP contribution in [0, 0.1) is 0 Å². The monoisotopic (exact) mass is 139 g/mol. The fourth-order valence-corrected chi connectivity index (χ4v) is 1.42. The molecule has 1 heteroatoms. The molecule has 1 rings (SSSR count). The Labute approximate surface area is 63.7 Å². The summed E-state index contributed by atoms with van der Waals surface area (Å²) in [5.41, 5.74) is 3.15. The molecular weight excluding hydrogens is 122 g/mol. The van der Waals surface area contributed by atoms with E-state index in [1.807, 2.05) is 0 Å². The van der Waals surface area contributed by atoms with Gasteiger partial charge < -0.3 is 0 Å². The fourth-order valence-electron chi connectivity index (χ4n) is 1.42. The minimum atomic E-state index is 0.661. The topological polar surface area (TPSA) is 3.24 Å². The SMILES string of the molecule is CC1=C(C)[C@@H](C)N(C)CC1. The van der Waals surface area contributed by atoms with Crippen LogP contribution in [0.15, 0.2) is 11.1 Å². The lowest BCUT2D eigenvalue weighted by atomic mass is 9.97. The minimum Gasteiger partial charge on any atom is -0.300 e. The van der Waals surface area contributed by atoms with Crippen molar-refractivity contribution in [3.63, 3.8) is 0 Å². The first-order valence-electron chi connectivity index (χ1n) is 3.99. The highest BCUT2D eigenvalue weighted by Gasteiger charge is 2.17. The highest BCUT2D eigenvalue weighted by molar-refractivity contribution is 5.18. The largest absolute Gasteiger partial charge is 0.300 e. The second-order valence-corrected chi connectivity index (χ2v) is 3.37. The summed E-state index contributed by atoms with van der Waals surface area (Å²) in [5, 5.41) is 0. The zero-order valence-corrected chi connectivity index (χ0v) is 7.44. The van der Waals surface area contributed by atoms with Gasteiger partial charge in [-0.2, -0.15) is 0 Å². The van der Waals surface area contributed by atoms with Gasteiger partial charge in [0.15, 0.2) is 0 Å². The van der Waals surface area contributed by atoms with Crippen LogP contribution in [0.5, 0.6) is 0 Å². The lowest BCUT2D eigenvalue weighted by Crippen LogP contribution is -2.34. The summed E-state index contributed by atoms with van der Waals surface area (Å²) < 4.78 is 0. The van der Waals surface area contributed by atoms with Gasteiger partial charge in [0.05, 0.1) is 0 Å². The van der Waals surface area contributed by atoms with Gasteiger partial charge in [-0.05, 0) is 34.2 Å². The molecule has 0 amide bonds. The number of hydrogen-bond acceptors (Lipinski definition) is 1. The lowest BCUT2D eigenvalue weighted by molar-refractivity contribution is 0.272. The second-order valence-electron chi connectivity index (χ2n) is 3.37. The maximum atomic E-state index is 2.41. The Kier molecular flexibility index (Phi) is 2.14. The summed E-state index contributed by atoms with van der Waals surface area (Å²) in [5.74, 6) is 0. The van der Waals surface area contributed by atoms with Crippen LogP contribution >= 0.6 is 0 Å². The van der Waals surface area contributed by atoms with E-state index in [0.29, 0.717) is 6.04 Å². The molecule has 0 aromatic carbocycles. The first-order valence-corrected chi connectivity index (χ1v) is 3.99. The Balaban J connectivity index is 2.77. The van der Waals surface area contributed by atoms with E-state index in [1.165, 1.54) is 13.0 Å². The molecule has 10 heavy (non-hydrogen) atoms. The Morgan fingerprint density at radius 3 is 2.50 bits per heavy atom. The maximum Gasteiger partial charge on any atom is 0.0276 e. The number of nitrogens with zero attached hydrogens (tertiary/aromatic N) is 1. The van der Waals surface area contributed by atoms with E-state index in [-0.39, 0.29) is 0 Å². The van der Waals surface area contributed by atoms with Gasteiger partial charge in [-0.3, -0.25) is 4.90 Å². The average Bonchev–Trinajstić information content (AvgIpc) is 1.93. The maximum absolute atomic E-state index is 2.41. The molecule has 1 aliphatic heterocycles. The molecule has 0 fully saturated rings. The zero-order valence-electron chi connectivity index (χ0n) is 7.44. The van der Waals surface area contributed by atoms with Gasteiger partial charge in [-0.1, -0.05) is 11.1 Å². The van der Waals surface area contributed by atoms with E-state index >= 15 is 0 Å². The van der Waals surface area contributed by atoms with E-state index in [0.717, 1.165) is 0 Å². The van der Waals surface area contributed by atoms with Gasteiger partial charge in [0.2, 0.25) is 0 Å². The molecule has 1 atom stereocenters. The van der Waals surface area contributed by atoms with Crippen LogP contribution in [-0.2, 0) is 0 Å². The number of rotatable bonds is 0. The predicted molar refractivity (Wildman–Crippen MR) is 45.1 cm³/mol. The van der Waals surface area contributed by atoms with Gasteiger partial charge in [0.25, 0.3) is 0 Å². The second kappa shape index (κ2) is 2.75. The van der Waals surface area contributed by atoms with E-state index < -0.39 is 0 Å². The highest BCUT2D eigenvalue weighted by atomic mass is 15.1. The Morgan fingerprint density at radius 2 is 2.00 bits per heavy atom. The fraction of sp³-hybridized carbons (Fsp3) is 0.778. The molecule has 0 unspecified atom stereocenters. The molecule has 0 N–H and O–H groups in total. The molecule has 0 radical (unpaired) electrons. The third-order valence-electron chi connectivity index (χ3n) is 2.80. The normalized spacial score (nSPS) is 29.4. The number of hydrogen-bond donors (Lipinski definition) is 0. The molecule has 0 saturated heterocycles. The van der Waals surface area contributed by atoms with Crippen LogP contribution in [0.2, 0.25) is 0 Å². The first-order chi connectivity index (χ1) is 4.63. The lowest BCUT2D eigenvalue weighted by Gasteiger charge is -2.31. The molecule has 0 bridgehead atoms. The van der Waals surface area contributed by atoms with Crippen molar-refractivity contribution < 1.29 is 0 Å². The van der Waals surface area contributed by atoms with Crippen molar-refractivity contribution >= 4 is 0 Å². The third kappa shape index (κ3) is 1.24. The Morgan fingerprint density at radius 1 is 1.40 bits per heavy atom. The van der Waals surface area contributed by atoms with Gasteiger partial charge in [-0.25, -0.2) is 0 Å². The Hall–Kier alpha value is -0.300. The molecule has 1 heterocycles. The molecule has 0 spiro atoms. The van der Waals surface area contributed by atoms with Crippen molar-refractivity contribution in [2.75, 3.05) is 13.6 Å². The summed E-state index contributed by atoms with van der Waals surface area (Å²) in [6.07, 6.45) is 1.26. The summed E-state index contributed by atoms with van der Waals surface area (Å²) in [6, 6.07) is 0.661. The van der Waals surface area contributed by atoms with Gasteiger partial charge >= 0.3 is 0 Å². The summed E-state index contributed by atoms with van der Waals surface area (Å²) >= 11 is 0. The van der Waals surface area contributed by atoms with Crippen molar-refractivity contribution in [1.82, 2.24) is 4.90 Å². The number of likely N-dealkylation sites (N-methyl/N-ethyl adjacent to an activating group) is 1. The van der Waals surface area contributed by atoms with Gasteiger partial charge in [-0.15, -0.1) is 0 Å². The van der Waals surface area contributed by atoms with Gasteiger partial charge in [0.1, 0.15) is 0 Å². The Bertz CT molecular complexity index is 158. The van der Waals surface area contributed by atoms with Crippen molar-refractivity contribution in [1.29, 1.82) is 0 Å². The van der Waals surface area contributed by atoms with E-state index in [4.69, 9.17) is 0 Å². The van der Waals surface area contributed by atoms with Crippen molar-refractivity contribution in [3.05, 3.63) is 11.1 Å². The quantitative estimate of drug-likeness (QED) is 0.464. The molecule has 0 saturated carbocycles. The molecular formula is C9H17N. The third-order valence-corrected chi connectivity index (χ3v) is 2.80. The molecule has 58 valence electrons. The first kappa shape index (κ1) is 7.80. The molecule has 1 aliphatic rings. The van der Waals surface area contributed by atoms with E-state index in [1.54, 1.807) is 11.1 Å². The van der Waals surface area contributed by atoms with Crippen LogP contribution in [0.3, 0.4) is 0 Å². The van der Waals surface area contributed by atoms with Gasteiger partial charge in [0, 0.05) is 12.6 Å². The van der Waals surface area contributed by atoms with Crippen LogP contribution < -0.4 is 0 Å².